The molecule has 2 aliphatic rings. The van der Waals surface area contributed by atoms with Crippen LogP contribution in [0.2, 0.25) is 0 Å². The molecule has 0 aromatic heterocycles. The van der Waals surface area contributed by atoms with Crippen molar-refractivity contribution in [2.24, 2.45) is 11.8 Å². The van der Waals surface area contributed by atoms with Crippen LogP contribution in [0.4, 0.5) is 0 Å². The van der Waals surface area contributed by atoms with Crippen molar-refractivity contribution in [3.05, 3.63) is 47.5 Å². The summed E-state index contributed by atoms with van der Waals surface area (Å²) in [5, 5.41) is 0. The van der Waals surface area contributed by atoms with Crippen LogP contribution < -0.4 is 18.9 Å². The van der Waals surface area contributed by atoms with Gasteiger partial charge in [0, 0.05) is 52.9 Å². The summed E-state index contributed by atoms with van der Waals surface area (Å²) in [6.45, 7) is 16.5. The van der Waals surface area contributed by atoms with Crippen LogP contribution in [0, 0.1) is 11.8 Å². The van der Waals surface area contributed by atoms with E-state index in [4.69, 9.17) is 42.6 Å². The Hall–Kier alpha value is -2.56. The van der Waals surface area contributed by atoms with E-state index in [-0.39, 0.29) is 25.8 Å². The van der Waals surface area contributed by atoms with Crippen LogP contribution in [0.25, 0.3) is 0 Å². The van der Waals surface area contributed by atoms with E-state index in [0.29, 0.717) is 11.8 Å². The lowest BCUT2D eigenvalue weighted by atomic mass is 9.98. The standard InChI is InChI=1S/C50H82O9/c1-41(2)27-35-53-33-19-11-9-17-31-51-29-15-7-5-13-21-45(43-23-25-47-49(37-43)57-39-55-47)59-46(44-24-26-48-50(38-44)58-40-56-48)22-14-6-8-16-30-52-32-18-10-12-20-34-54-36-28-42(3)4/h23-26,37-38,41-42,45-46H,5-22,27-36,39-40H2,1-4H3. The SMILES string of the molecule is CC(C)CCOCCCCCCOCCCCCCC(OC(CCCCCCOCCCCCCOCCC(C)C)c1ccc2c(c1)OCO2)c1ccc2c(c1)OCO2. The first-order chi connectivity index (χ1) is 29.0. The second-order valence-electron chi connectivity index (χ2n) is 17.4. The number of hydrogen-bond donors (Lipinski definition) is 0. The maximum absolute atomic E-state index is 7.14. The number of benzene rings is 2. The summed E-state index contributed by atoms with van der Waals surface area (Å²) in [5.74, 6) is 4.63. The molecular weight excluding hydrogens is 745 g/mol. The summed E-state index contributed by atoms with van der Waals surface area (Å²) in [7, 11) is 0. The Morgan fingerprint density at radius 3 is 1.05 bits per heavy atom. The predicted octanol–water partition coefficient (Wildman–Crippen LogP) is 13.1. The van der Waals surface area contributed by atoms with Crippen molar-refractivity contribution in [3.63, 3.8) is 0 Å². The van der Waals surface area contributed by atoms with Crippen molar-refractivity contribution in [1.29, 1.82) is 0 Å². The van der Waals surface area contributed by atoms with Gasteiger partial charge in [-0.15, -0.1) is 0 Å². The van der Waals surface area contributed by atoms with E-state index in [0.717, 1.165) is 190 Å². The van der Waals surface area contributed by atoms with Crippen molar-refractivity contribution in [3.8, 4) is 23.0 Å². The Labute approximate surface area is 358 Å². The van der Waals surface area contributed by atoms with E-state index < -0.39 is 0 Å². The molecule has 0 amide bonds. The zero-order valence-corrected chi connectivity index (χ0v) is 37.7. The zero-order chi connectivity index (χ0) is 41.6. The maximum Gasteiger partial charge on any atom is 0.231 e. The minimum absolute atomic E-state index is 0.0671. The molecule has 9 heteroatoms. The van der Waals surface area contributed by atoms with Crippen molar-refractivity contribution >= 4 is 0 Å². The first-order valence-corrected chi connectivity index (χ1v) is 23.7. The Kier molecular flexibility index (Phi) is 26.1. The van der Waals surface area contributed by atoms with E-state index in [1.807, 2.05) is 12.1 Å². The van der Waals surface area contributed by atoms with Gasteiger partial charge in [-0.2, -0.15) is 0 Å². The zero-order valence-electron chi connectivity index (χ0n) is 37.7. The van der Waals surface area contributed by atoms with Crippen LogP contribution in [-0.4, -0.2) is 66.4 Å². The average molecular weight is 827 g/mol. The highest BCUT2D eigenvalue weighted by Crippen LogP contribution is 2.41. The minimum Gasteiger partial charge on any atom is -0.454 e. The molecule has 0 fully saturated rings. The van der Waals surface area contributed by atoms with Crippen molar-refractivity contribution in [1.82, 2.24) is 0 Å². The molecule has 2 unspecified atom stereocenters. The summed E-state index contributed by atoms with van der Waals surface area (Å²) < 4.78 is 53.4. The van der Waals surface area contributed by atoms with Gasteiger partial charge in [-0.1, -0.05) is 104 Å². The molecular formula is C50H82O9. The Balaban J connectivity index is 1.15. The van der Waals surface area contributed by atoms with Gasteiger partial charge >= 0.3 is 0 Å². The highest BCUT2D eigenvalue weighted by molar-refractivity contribution is 5.46. The highest BCUT2D eigenvalue weighted by Gasteiger charge is 2.25. The van der Waals surface area contributed by atoms with E-state index in [1.165, 1.54) is 25.7 Å². The van der Waals surface area contributed by atoms with Gasteiger partial charge in [-0.05, 0) is 111 Å². The van der Waals surface area contributed by atoms with Gasteiger partial charge in [0.25, 0.3) is 0 Å². The van der Waals surface area contributed by atoms with Crippen molar-refractivity contribution < 1.29 is 42.6 Å². The number of fused-ring (bicyclic) bond motifs is 2. The van der Waals surface area contributed by atoms with E-state index in [2.05, 4.69) is 52.0 Å². The lowest BCUT2D eigenvalue weighted by Crippen LogP contribution is -2.12. The van der Waals surface area contributed by atoms with Gasteiger partial charge in [-0.3, -0.25) is 0 Å². The molecule has 0 saturated carbocycles. The summed E-state index contributed by atoms with van der Waals surface area (Å²) in [5.41, 5.74) is 2.27. The summed E-state index contributed by atoms with van der Waals surface area (Å²) in [6.07, 6.45) is 22.5. The fraction of sp³-hybridized carbons (Fsp3) is 0.760. The highest BCUT2D eigenvalue weighted by atomic mass is 16.7. The van der Waals surface area contributed by atoms with E-state index in [9.17, 15) is 0 Å². The lowest BCUT2D eigenvalue weighted by molar-refractivity contribution is -0.0266. The molecule has 2 heterocycles. The molecule has 0 bridgehead atoms. The second kappa shape index (κ2) is 31.3. The smallest absolute Gasteiger partial charge is 0.231 e. The Morgan fingerprint density at radius 1 is 0.373 bits per heavy atom. The van der Waals surface area contributed by atoms with Crippen LogP contribution in [0.15, 0.2) is 36.4 Å². The molecule has 2 atom stereocenters. The third kappa shape index (κ3) is 21.7. The van der Waals surface area contributed by atoms with Crippen LogP contribution in [0.5, 0.6) is 23.0 Å². The van der Waals surface area contributed by atoms with Gasteiger partial charge in [0.05, 0.1) is 12.2 Å². The summed E-state index contributed by atoms with van der Waals surface area (Å²) >= 11 is 0. The molecule has 59 heavy (non-hydrogen) atoms. The first-order valence-electron chi connectivity index (χ1n) is 23.7. The molecule has 0 aliphatic carbocycles. The van der Waals surface area contributed by atoms with Crippen LogP contribution in [-0.2, 0) is 23.7 Å². The van der Waals surface area contributed by atoms with Gasteiger partial charge in [0.2, 0.25) is 13.6 Å². The average Bonchev–Trinajstić information content (AvgIpc) is 3.91. The quantitative estimate of drug-likeness (QED) is 0.0615. The molecule has 2 aliphatic heterocycles. The fourth-order valence-electron chi connectivity index (χ4n) is 7.40. The summed E-state index contributed by atoms with van der Waals surface area (Å²) in [4.78, 5) is 0. The van der Waals surface area contributed by atoms with Crippen molar-refractivity contribution in [2.45, 2.75) is 168 Å². The number of rotatable bonds is 38. The minimum atomic E-state index is -0.0671. The predicted molar refractivity (Wildman–Crippen MR) is 237 cm³/mol. The lowest BCUT2D eigenvalue weighted by Gasteiger charge is -2.26. The number of ether oxygens (including phenoxy) is 9. The van der Waals surface area contributed by atoms with Crippen LogP contribution in [0.3, 0.4) is 0 Å². The van der Waals surface area contributed by atoms with Crippen molar-refractivity contribution in [2.75, 3.05) is 66.4 Å². The normalized spacial score (nSPS) is 14.2. The third-order valence-corrected chi connectivity index (χ3v) is 11.2. The molecule has 336 valence electrons. The van der Waals surface area contributed by atoms with E-state index in [1.54, 1.807) is 0 Å². The van der Waals surface area contributed by atoms with Gasteiger partial charge < -0.3 is 42.6 Å². The summed E-state index contributed by atoms with van der Waals surface area (Å²) in [6, 6.07) is 12.6. The van der Waals surface area contributed by atoms with Gasteiger partial charge in [0.15, 0.2) is 23.0 Å². The largest absolute Gasteiger partial charge is 0.454 e. The molecule has 0 saturated heterocycles. The van der Waals surface area contributed by atoms with E-state index >= 15 is 0 Å². The molecule has 0 radical (unpaired) electrons. The monoisotopic (exact) mass is 827 g/mol. The number of hydrogen-bond acceptors (Lipinski definition) is 9. The molecule has 0 spiro atoms. The molecule has 4 rings (SSSR count). The topological polar surface area (TPSA) is 83.1 Å². The fourth-order valence-corrected chi connectivity index (χ4v) is 7.40. The Bertz CT molecular complexity index is 1230. The number of unbranched alkanes of at least 4 members (excludes halogenated alkanes) is 12. The molecule has 2 aromatic rings. The molecule has 9 nitrogen and oxygen atoms in total. The van der Waals surface area contributed by atoms with Gasteiger partial charge in [-0.25, -0.2) is 0 Å². The first kappa shape index (κ1) is 49.1. The second-order valence-corrected chi connectivity index (χ2v) is 17.4. The molecule has 0 N–H and O–H groups in total. The third-order valence-electron chi connectivity index (χ3n) is 11.2. The van der Waals surface area contributed by atoms with Crippen LogP contribution >= 0.6 is 0 Å². The molecule has 2 aromatic carbocycles. The maximum atomic E-state index is 7.14. The van der Waals surface area contributed by atoms with Crippen LogP contribution in [0.1, 0.15) is 179 Å². The Morgan fingerprint density at radius 2 is 0.695 bits per heavy atom. The van der Waals surface area contributed by atoms with Gasteiger partial charge in [0.1, 0.15) is 0 Å².